The van der Waals surface area contributed by atoms with Gasteiger partial charge in [0.05, 0.1) is 4.90 Å². The predicted molar refractivity (Wildman–Crippen MR) is 79.6 cm³/mol. The van der Waals surface area contributed by atoms with Crippen molar-refractivity contribution in [3.63, 3.8) is 0 Å². The number of nitrogens with one attached hydrogen (secondary N) is 1. The molecular weight excluding hydrogens is 262 g/mol. The van der Waals surface area contributed by atoms with Crippen molar-refractivity contribution < 1.29 is 8.42 Å². The lowest BCUT2D eigenvalue weighted by molar-refractivity contribution is 0.478. The summed E-state index contributed by atoms with van der Waals surface area (Å²) < 4.78 is 23.1. The summed E-state index contributed by atoms with van der Waals surface area (Å²) in [6, 6.07) is 3.14. The molecule has 0 aliphatic rings. The highest BCUT2D eigenvalue weighted by Crippen LogP contribution is 2.30. The van der Waals surface area contributed by atoms with Gasteiger partial charge in [0.1, 0.15) is 0 Å². The minimum absolute atomic E-state index is 0.0737. The van der Waals surface area contributed by atoms with Gasteiger partial charge in [-0.15, -0.1) is 0 Å². The van der Waals surface area contributed by atoms with Crippen LogP contribution in [0.2, 0.25) is 0 Å². The zero-order valence-electron chi connectivity index (χ0n) is 11.9. The number of anilines is 2. The van der Waals surface area contributed by atoms with Crippen LogP contribution in [0.5, 0.6) is 0 Å². The van der Waals surface area contributed by atoms with Gasteiger partial charge >= 0.3 is 0 Å². The third kappa shape index (κ3) is 3.61. The summed E-state index contributed by atoms with van der Waals surface area (Å²) in [6.45, 7) is 7.98. The molecule has 0 atom stereocenters. The SMILES string of the molecule is CCC(C)(CC)Nc1cc(N)cc(S(N)(=O)=O)c1C. The zero-order chi connectivity index (χ0) is 14.8. The summed E-state index contributed by atoms with van der Waals surface area (Å²) in [5.74, 6) is 0. The van der Waals surface area contributed by atoms with Crippen molar-refractivity contribution in [3.8, 4) is 0 Å². The molecule has 0 aromatic heterocycles. The van der Waals surface area contributed by atoms with E-state index in [0.717, 1.165) is 18.5 Å². The molecule has 6 heteroatoms. The second-order valence-corrected chi connectivity index (χ2v) is 6.66. The van der Waals surface area contributed by atoms with Crippen LogP contribution in [0, 0.1) is 6.92 Å². The summed E-state index contributed by atoms with van der Waals surface area (Å²) in [5, 5.41) is 8.59. The number of sulfonamides is 1. The number of hydrogen-bond donors (Lipinski definition) is 3. The Bertz CT molecular complexity index is 563. The van der Waals surface area contributed by atoms with E-state index in [1.165, 1.54) is 6.07 Å². The average molecular weight is 285 g/mol. The molecule has 0 saturated heterocycles. The van der Waals surface area contributed by atoms with Gasteiger partial charge in [-0.25, -0.2) is 13.6 Å². The number of nitrogens with two attached hydrogens (primary N) is 2. The summed E-state index contributed by atoms with van der Waals surface area (Å²) in [6.07, 6.45) is 1.84. The standard InChI is InChI=1S/C13H23N3O2S/c1-5-13(4,6-2)16-11-7-10(14)8-12(9(11)3)19(15,17)18/h7-8,16H,5-6,14H2,1-4H3,(H2,15,17,18). The number of hydrogen-bond acceptors (Lipinski definition) is 4. The van der Waals surface area contributed by atoms with Crippen LogP contribution in [-0.4, -0.2) is 14.0 Å². The third-order valence-corrected chi connectivity index (χ3v) is 4.72. The molecule has 1 aromatic carbocycles. The Morgan fingerprint density at radius 1 is 1.26 bits per heavy atom. The van der Waals surface area contributed by atoms with Gasteiger partial charge in [0.2, 0.25) is 10.0 Å². The van der Waals surface area contributed by atoms with Crippen LogP contribution in [0.1, 0.15) is 39.2 Å². The van der Waals surface area contributed by atoms with Gasteiger partial charge in [-0.1, -0.05) is 13.8 Å². The fraction of sp³-hybridized carbons (Fsp3) is 0.538. The van der Waals surface area contributed by atoms with Crippen molar-refractivity contribution in [2.75, 3.05) is 11.1 Å². The minimum atomic E-state index is -3.77. The largest absolute Gasteiger partial charge is 0.399 e. The van der Waals surface area contributed by atoms with Gasteiger partial charge in [-0.2, -0.15) is 0 Å². The van der Waals surface area contributed by atoms with E-state index in [-0.39, 0.29) is 10.4 Å². The Kier molecular flexibility index (Phi) is 4.47. The molecule has 0 heterocycles. The maximum Gasteiger partial charge on any atom is 0.238 e. The van der Waals surface area contributed by atoms with Crippen LogP contribution in [-0.2, 0) is 10.0 Å². The van der Waals surface area contributed by atoms with E-state index >= 15 is 0 Å². The van der Waals surface area contributed by atoms with Gasteiger partial charge in [-0.3, -0.25) is 0 Å². The molecule has 0 aliphatic carbocycles. The summed E-state index contributed by atoms with van der Waals surface area (Å²) >= 11 is 0. The van der Waals surface area contributed by atoms with Crippen LogP contribution < -0.4 is 16.2 Å². The molecule has 0 fully saturated rings. The summed E-state index contributed by atoms with van der Waals surface area (Å²) in [7, 11) is -3.77. The van der Waals surface area contributed by atoms with Crippen LogP contribution in [0.25, 0.3) is 0 Å². The van der Waals surface area contributed by atoms with E-state index in [2.05, 4.69) is 26.1 Å². The lowest BCUT2D eigenvalue weighted by atomic mass is 9.94. The Balaban J connectivity index is 3.35. The van der Waals surface area contributed by atoms with E-state index in [1.54, 1.807) is 13.0 Å². The number of nitrogen functional groups attached to an aromatic ring is 1. The first-order valence-electron chi connectivity index (χ1n) is 6.34. The first-order chi connectivity index (χ1) is 8.63. The van der Waals surface area contributed by atoms with Gasteiger partial charge in [-0.05, 0) is 44.4 Å². The monoisotopic (exact) mass is 285 g/mol. The maximum atomic E-state index is 11.6. The second kappa shape index (κ2) is 5.38. The highest BCUT2D eigenvalue weighted by atomic mass is 32.2. The topological polar surface area (TPSA) is 98.2 Å². The lowest BCUT2D eigenvalue weighted by Crippen LogP contribution is -2.33. The first-order valence-corrected chi connectivity index (χ1v) is 7.88. The lowest BCUT2D eigenvalue weighted by Gasteiger charge is -2.31. The van der Waals surface area contributed by atoms with Crippen LogP contribution in [0.15, 0.2) is 17.0 Å². The van der Waals surface area contributed by atoms with Gasteiger partial charge in [0.15, 0.2) is 0 Å². The molecule has 108 valence electrons. The van der Waals surface area contributed by atoms with E-state index in [4.69, 9.17) is 10.9 Å². The number of benzene rings is 1. The van der Waals surface area contributed by atoms with Gasteiger partial charge in [0.25, 0.3) is 0 Å². The minimum Gasteiger partial charge on any atom is -0.399 e. The van der Waals surface area contributed by atoms with Crippen molar-refractivity contribution in [1.82, 2.24) is 0 Å². The second-order valence-electron chi connectivity index (χ2n) is 5.13. The highest BCUT2D eigenvalue weighted by Gasteiger charge is 2.22. The fourth-order valence-electron chi connectivity index (χ4n) is 1.89. The molecule has 5 N–H and O–H groups in total. The number of rotatable bonds is 5. The molecule has 0 amide bonds. The quantitative estimate of drug-likeness (QED) is 0.722. The molecule has 19 heavy (non-hydrogen) atoms. The summed E-state index contributed by atoms with van der Waals surface area (Å²) in [5.41, 5.74) is 7.36. The molecule has 5 nitrogen and oxygen atoms in total. The molecule has 1 rings (SSSR count). The third-order valence-electron chi connectivity index (χ3n) is 3.69. The zero-order valence-corrected chi connectivity index (χ0v) is 12.8. The molecule has 0 unspecified atom stereocenters. The molecule has 0 bridgehead atoms. The van der Waals surface area contributed by atoms with Crippen LogP contribution in [0.3, 0.4) is 0 Å². The smallest absolute Gasteiger partial charge is 0.238 e. The van der Waals surface area contributed by atoms with Crippen molar-refractivity contribution >= 4 is 21.4 Å². The first kappa shape index (κ1) is 15.8. The van der Waals surface area contributed by atoms with Crippen molar-refractivity contribution in [1.29, 1.82) is 0 Å². The molecule has 0 radical (unpaired) electrons. The van der Waals surface area contributed by atoms with E-state index < -0.39 is 10.0 Å². The molecule has 0 aliphatic heterocycles. The Hall–Kier alpha value is -1.27. The van der Waals surface area contributed by atoms with E-state index in [0.29, 0.717) is 11.3 Å². The van der Waals surface area contributed by atoms with Gasteiger partial charge < -0.3 is 11.1 Å². The van der Waals surface area contributed by atoms with E-state index in [1.807, 2.05) is 0 Å². The van der Waals surface area contributed by atoms with Gasteiger partial charge in [0, 0.05) is 16.9 Å². The molecular formula is C13H23N3O2S. The highest BCUT2D eigenvalue weighted by molar-refractivity contribution is 7.89. The molecule has 1 aromatic rings. The van der Waals surface area contributed by atoms with Crippen LogP contribution >= 0.6 is 0 Å². The van der Waals surface area contributed by atoms with E-state index in [9.17, 15) is 8.42 Å². The Morgan fingerprint density at radius 3 is 2.21 bits per heavy atom. The van der Waals surface area contributed by atoms with Crippen molar-refractivity contribution in [2.45, 2.75) is 51.0 Å². The molecule has 0 spiro atoms. The normalized spacial score (nSPS) is 12.5. The summed E-state index contributed by atoms with van der Waals surface area (Å²) in [4.78, 5) is 0.0737. The van der Waals surface area contributed by atoms with Crippen LogP contribution in [0.4, 0.5) is 11.4 Å². The Morgan fingerprint density at radius 2 is 1.79 bits per heavy atom. The molecule has 0 saturated carbocycles. The van der Waals surface area contributed by atoms with Crippen molar-refractivity contribution in [2.24, 2.45) is 5.14 Å². The Labute approximate surface area is 115 Å². The van der Waals surface area contributed by atoms with Crippen molar-refractivity contribution in [3.05, 3.63) is 17.7 Å². The maximum absolute atomic E-state index is 11.6. The predicted octanol–water partition coefficient (Wildman–Crippen LogP) is 2.22. The fourth-order valence-corrected chi connectivity index (χ4v) is 2.72. The number of primary sulfonamides is 1. The average Bonchev–Trinajstić information content (AvgIpc) is 2.31.